The second-order valence-corrected chi connectivity index (χ2v) is 5.39. The maximum absolute atomic E-state index is 4.36. The fraction of sp³-hybridized carbons (Fsp3) is 0.533. The van der Waals surface area contributed by atoms with Crippen LogP contribution in [-0.4, -0.2) is 33.8 Å². The molecule has 5 nitrogen and oxygen atoms in total. The smallest absolute Gasteiger partial charge is 0.171 e. The predicted octanol–water partition coefficient (Wildman–Crippen LogP) is 2.30. The summed E-state index contributed by atoms with van der Waals surface area (Å²) >= 11 is 0. The zero-order valence-corrected chi connectivity index (χ0v) is 12.7. The molecular formula is C15H23N5. The Balaban J connectivity index is 2.26. The van der Waals surface area contributed by atoms with Gasteiger partial charge in [0.15, 0.2) is 5.82 Å². The lowest BCUT2D eigenvalue weighted by Crippen LogP contribution is -2.20. The van der Waals surface area contributed by atoms with Gasteiger partial charge in [-0.05, 0) is 49.2 Å². The molecule has 1 heterocycles. The molecule has 1 aromatic heterocycles. The first kappa shape index (κ1) is 14.7. The molecule has 0 aliphatic carbocycles. The lowest BCUT2D eigenvalue weighted by Gasteiger charge is -2.17. The van der Waals surface area contributed by atoms with Crippen molar-refractivity contribution in [1.29, 1.82) is 0 Å². The van der Waals surface area contributed by atoms with Crippen LogP contribution in [0.5, 0.6) is 0 Å². The molecule has 0 aliphatic rings. The number of nitrogens with one attached hydrogen (secondary N) is 1. The summed E-state index contributed by atoms with van der Waals surface area (Å²) in [6, 6.07) is 8.86. The van der Waals surface area contributed by atoms with E-state index in [2.05, 4.69) is 58.8 Å². The highest BCUT2D eigenvalue weighted by Crippen LogP contribution is 2.22. The molecule has 0 aliphatic heterocycles. The van der Waals surface area contributed by atoms with Crippen molar-refractivity contribution in [2.24, 2.45) is 0 Å². The Bertz CT molecular complexity index is 529. The van der Waals surface area contributed by atoms with Crippen LogP contribution in [0.4, 0.5) is 0 Å². The Morgan fingerprint density at radius 1 is 1.15 bits per heavy atom. The van der Waals surface area contributed by atoms with Gasteiger partial charge in [0.05, 0.1) is 6.04 Å². The molecule has 0 fully saturated rings. The molecule has 0 bridgehead atoms. The monoisotopic (exact) mass is 273 g/mol. The van der Waals surface area contributed by atoms with Crippen LogP contribution in [0.25, 0.3) is 0 Å². The number of rotatable bonds is 6. The van der Waals surface area contributed by atoms with E-state index in [1.807, 2.05) is 14.0 Å². The number of hydrogen-bond acceptors (Lipinski definition) is 4. The van der Waals surface area contributed by atoms with E-state index in [1.54, 1.807) is 4.80 Å². The van der Waals surface area contributed by atoms with Gasteiger partial charge < -0.3 is 5.32 Å². The minimum Gasteiger partial charge on any atom is -0.320 e. The normalized spacial score (nSPS) is 12.8. The second-order valence-electron chi connectivity index (χ2n) is 5.39. The van der Waals surface area contributed by atoms with E-state index in [1.165, 1.54) is 11.1 Å². The Hall–Kier alpha value is -1.75. The first-order valence-electron chi connectivity index (χ1n) is 7.12. The van der Waals surface area contributed by atoms with Crippen LogP contribution in [0, 0.1) is 6.92 Å². The molecule has 1 atom stereocenters. The number of aryl methyl sites for hydroxylation is 1. The van der Waals surface area contributed by atoms with Crippen molar-refractivity contribution in [3.05, 3.63) is 41.2 Å². The van der Waals surface area contributed by atoms with E-state index < -0.39 is 0 Å². The van der Waals surface area contributed by atoms with Gasteiger partial charge >= 0.3 is 0 Å². The average Bonchev–Trinajstić information content (AvgIpc) is 2.86. The molecule has 2 aromatic rings. The van der Waals surface area contributed by atoms with E-state index in [4.69, 9.17) is 0 Å². The summed E-state index contributed by atoms with van der Waals surface area (Å²) in [6.45, 7) is 7.18. The summed E-state index contributed by atoms with van der Waals surface area (Å²) in [6.07, 6.45) is 0.938. The molecule has 0 saturated carbocycles. The van der Waals surface area contributed by atoms with Gasteiger partial charge in [-0.3, -0.25) is 0 Å². The molecule has 0 amide bonds. The zero-order chi connectivity index (χ0) is 14.5. The summed E-state index contributed by atoms with van der Waals surface area (Å²) in [4.78, 5) is 1.72. The minimum atomic E-state index is 0.130. The van der Waals surface area contributed by atoms with Gasteiger partial charge in [0, 0.05) is 0 Å². The molecule has 2 rings (SSSR count). The molecule has 1 unspecified atom stereocenters. The molecule has 108 valence electrons. The number of benzene rings is 1. The molecule has 0 saturated heterocycles. The molecule has 0 spiro atoms. The Kier molecular flexibility index (Phi) is 4.84. The lowest BCUT2D eigenvalue weighted by atomic mass is 9.98. The van der Waals surface area contributed by atoms with Crippen molar-refractivity contribution in [2.75, 3.05) is 13.6 Å². The van der Waals surface area contributed by atoms with Gasteiger partial charge in [0.2, 0.25) is 0 Å². The van der Waals surface area contributed by atoms with Gasteiger partial charge in [-0.2, -0.15) is 4.80 Å². The summed E-state index contributed by atoms with van der Waals surface area (Å²) < 4.78 is 0. The summed E-state index contributed by atoms with van der Waals surface area (Å²) in [5.74, 6) is 1.25. The van der Waals surface area contributed by atoms with Gasteiger partial charge in [-0.15, -0.1) is 10.2 Å². The largest absolute Gasteiger partial charge is 0.320 e. The first-order valence-corrected chi connectivity index (χ1v) is 7.12. The summed E-state index contributed by atoms with van der Waals surface area (Å²) in [5, 5.41) is 15.7. The lowest BCUT2D eigenvalue weighted by molar-refractivity contribution is 0.421. The standard InChI is InChI=1S/C15H23N5/c1-11(2)13-5-7-14(8-6-13)15(9-10-16-4)20-18-12(3)17-19-20/h5-8,11,15-16H,9-10H2,1-4H3. The van der Waals surface area contributed by atoms with Gasteiger partial charge in [0.25, 0.3) is 0 Å². The van der Waals surface area contributed by atoms with Crippen molar-refractivity contribution in [1.82, 2.24) is 25.5 Å². The van der Waals surface area contributed by atoms with Crippen LogP contribution in [0.1, 0.15) is 49.2 Å². The molecule has 1 aromatic carbocycles. The van der Waals surface area contributed by atoms with Crippen LogP contribution in [0.3, 0.4) is 0 Å². The molecule has 20 heavy (non-hydrogen) atoms. The third kappa shape index (κ3) is 3.42. The number of aromatic nitrogens is 4. The predicted molar refractivity (Wildman–Crippen MR) is 79.8 cm³/mol. The third-order valence-electron chi connectivity index (χ3n) is 3.46. The van der Waals surface area contributed by atoms with Crippen LogP contribution in [0.2, 0.25) is 0 Å². The quantitative estimate of drug-likeness (QED) is 0.877. The number of tetrazole rings is 1. The van der Waals surface area contributed by atoms with Gasteiger partial charge in [-0.25, -0.2) is 0 Å². The summed E-state index contributed by atoms with van der Waals surface area (Å²) in [5.41, 5.74) is 2.57. The summed E-state index contributed by atoms with van der Waals surface area (Å²) in [7, 11) is 1.96. The molecule has 1 N–H and O–H groups in total. The van der Waals surface area contributed by atoms with Gasteiger partial charge in [0.1, 0.15) is 0 Å². The number of nitrogens with zero attached hydrogens (tertiary/aromatic N) is 4. The third-order valence-corrected chi connectivity index (χ3v) is 3.46. The SMILES string of the molecule is CNCCC(c1ccc(C(C)C)cc1)n1nnc(C)n1. The zero-order valence-electron chi connectivity index (χ0n) is 12.7. The van der Waals surface area contributed by atoms with Crippen molar-refractivity contribution < 1.29 is 0 Å². The van der Waals surface area contributed by atoms with Crippen LogP contribution < -0.4 is 5.32 Å². The highest BCUT2D eigenvalue weighted by molar-refractivity contribution is 5.27. The second kappa shape index (κ2) is 6.61. The highest BCUT2D eigenvalue weighted by Gasteiger charge is 2.16. The number of hydrogen-bond donors (Lipinski definition) is 1. The fourth-order valence-electron chi connectivity index (χ4n) is 2.23. The average molecular weight is 273 g/mol. The van der Waals surface area contributed by atoms with Crippen molar-refractivity contribution in [3.63, 3.8) is 0 Å². The van der Waals surface area contributed by atoms with Crippen LogP contribution in [0.15, 0.2) is 24.3 Å². The molecular weight excluding hydrogens is 250 g/mol. The van der Waals surface area contributed by atoms with Gasteiger partial charge in [-0.1, -0.05) is 38.1 Å². The maximum Gasteiger partial charge on any atom is 0.171 e. The first-order chi connectivity index (χ1) is 9.61. The topological polar surface area (TPSA) is 55.6 Å². The van der Waals surface area contributed by atoms with E-state index in [0.717, 1.165) is 13.0 Å². The Morgan fingerprint density at radius 2 is 1.80 bits per heavy atom. The van der Waals surface area contributed by atoms with Crippen molar-refractivity contribution >= 4 is 0 Å². The molecule has 0 radical (unpaired) electrons. The minimum absolute atomic E-state index is 0.130. The Labute approximate surface area is 120 Å². The maximum atomic E-state index is 4.36. The van der Waals surface area contributed by atoms with E-state index >= 15 is 0 Å². The molecule has 5 heteroatoms. The van der Waals surface area contributed by atoms with E-state index in [-0.39, 0.29) is 6.04 Å². The van der Waals surface area contributed by atoms with Crippen LogP contribution in [-0.2, 0) is 0 Å². The highest BCUT2D eigenvalue weighted by atomic mass is 15.6. The van der Waals surface area contributed by atoms with E-state index in [9.17, 15) is 0 Å². The van der Waals surface area contributed by atoms with Crippen molar-refractivity contribution in [3.8, 4) is 0 Å². The van der Waals surface area contributed by atoms with Crippen LogP contribution >= 0.6 is 0 Å². The van der Waals surface area contributed by atoms with E-state index in [0.29, 0.717) is 11.7 Å². The fourth-order valence-corrected chi connectivity index (χ4v) is 2.23. The van der Waals surface area contributed by atoms with Crippen molar-refractivity contribution in [2.45, 2.75) is 39.2 Å². The Morgan fingerprint density at radius 3 is 2.30 bits per heavy atom.